The van der Waals surface area contributed by atoms with Crippen molar-refractivity contribution in [3.05, 3.63) is 63.1 Å². The zero-order valence-electron chi connectivity index (χ0n) is 17.2. The van der Waals surface area contributed by atoms with Crippen molar-refractivity contribution in [3.8, 4) is 17.4 Å². The van der Waals surface area contributed by atoms with E-state index in [2.05, 4.69) is 20.4 Å². The van der Waals surface area contributed by atoms with Crippen LogP contribution in [0.4, 0.5) is 10.6 Å². The van der Waals surface area contributed by atoms with Crippen LogP contribution in [0.1, 0.15) is 20.8 Å². The minimum absolute atomic E-state index is 0.0451. The van der Waals surface area contributed by atoms with Crippen molar-refractivity contribution in [2.45, 2.75) is 26.4 Å². The molecule has 4 rings (SSSR count). The number of nitrogens with one attached hydrogen (secondary N) is 1. The number of hydrogen-bond acceptors (Lipinski definition) is 7. The summed E-state index contributed by atoms with van der Waals surface area (Å²) in [6.07, 6.45) is 0.822. The number of pyridine rings is 1. The molecule has 9 nitrogen and oxygen atoms in total. The van der Waals surface area contributed by atoms with Gasteiger partial charge in [-0.15, -0.1) is 5.10 Å². The zero-order valence-corrected chi connectivity index (χ0v) is 18.7. The first-order chi connectivity index (χ1) is 15.1. The van der Waals surface area contributed by atoms with Gasteiger partial charge in [0.15, 0.2) is 11.6 Å². The fourth-order valence-corrected chi connectivity index (χ4v) is 3.22. The smallest absolute Gasteiger partial charge is 0.413 e. The lowest BCUT2D eigenvalue weighted by atomic mass is 10.2. The maximum absolute atomic E-state index is 12.6. The van der Waals surface area contributed by atoms with E-state index in [0.717, 1.165) is 0 Å². The van der Waals surface area contributed by atoms with E-state index in [4.69, 9.17) is 32.4 Å². The molecule has 1 aromatic carbocycles. The Hall–Kier alpha value is -3.43. The molecule has 0 unspecified atom stereocenters. The highest BCUT2D eigenvalue weighted by molar-refractivity contribution is 6.32. The first-order valence-corrected chi connectivity index (χ1v) is 10.2. The number of carbonyl (C=O) groups excluding carboxylic acids is 1. The summed E-state index contributed by atoms with van der Waals surface area (Å²) in [5.74, 6) is 0.329. The summed E-state index contributed by atoms with van der Waals surface area (Å²) >= 11 is 12.3. The van der Waals surface area contributed by atoms with E-state index in [9.17, 15) is 9.59 Å². The van der Waals surface area contributed by atoms with Crippen molar-refractivity contribution in [1.82, 2.24) is 19.7 Å². The molecule has 4 aromatic rings. The van der Waals surface area contributed by atoms with Crippen LogP contribution in [-0.2, 0) is 4.74 Å². The maximum Gasteiger partial charge on any atom is 0.413 e. The molecule has 0 saturated heterocycles. The predicted octanol–water partition coefficient (Wildman–Crippen LogP) is 5.09. The van der Waals surface area contributed by atoms with Crippen LogP contribution in [0.3, 0.4) is 0 Å². The number of hydrogen-bond donors (Lipinski definition) is 1. The van der Waals surface area contributed by atoms with Crippen LogP contribution in [0.2, 0.25) is 10.0 Å². The summed E-state index contributed by atoms with van der Waals surface area (Å²) in [6, 6.07) is 9.45. The minimum Gasteiger partial charge on any atom is -0.444 e. The lowest BCUT2D eigenvalue weighted by molar-refractivity contribution is 0.0635. The fraction of sp³-hybridized carbons (Fsp3) is 0.190. The third-order valence-electron chi connectivity index (χ3n) is 4.09. The van der Waals surface area contributed by atoms with Crippen molar-refractivity contribution >= 4 is 46.0 Å². The molecule has 1 N–H and O–H groups in total. The van der Waals surface area contributed by atoms with Gasteiger partial charge in [-0.05, 0) is 51.1 Å². The quantitative estimate of drug-likeness (QED) is 0.440. The fourth-order valence-electron chi connectivity index (χ4n) is 2.85. The molecule has 3 aromatic heterocycles. The zero-order chi connectivity index (χ0) is 23.0. The first kappa shape index (κ1) is 21.8. The van der Waals surface area contributed by atoms with Crippen LogP contribution in [0.5, 0.6) is 0 Å². The summed E-state index contributed by atoms with van der Waals surface area (Å²) in [5.41, 5.74) is -0.713. The third kappa shape index (κ3) is 4.58. The number of aromatic nitrogens is 4. The molecule has 0 aliphatic heterocycles. The van der Waals surface area contributed by atoms with E-state index < -0.39 is 17.3 Å². The first-order valence-electron chi connectivity index (χ1n) is 9.42. The van der Waals surface area contributed by atoms with E-state index in [1.165, 1.54) is 23.0 Å². The second-order valence-corrected chi connectivity index (χ2v) is 8.57. The highest BCUT2D eigenvalue weighted by Gasteiger charge is 2.22. The topological polar surface area (TPSA) is 112 Å². The number of halogens is 2. The molecule has 3 heterocycles. The van der Waals surface area contributed by atoms with Gasteiger partial charge in [0.25, 0.3) is 0 Å². The summed E-state index contributed by atoms with van der Waals surface area (Å²) in [4.78, 5) is 33.4. The Morgan fingerprint density at radius 3 is 2.69 bits per heavy atom. The average molecular weight is 474 g/mol. The van der Waals surface area contributed by atoms with Gasteiger partial charge in [0.1, 0.15) is 11.3 Å². The molecular formula is C21H17Cl2N5O4. The van der Waals surface area contributed by atoms with Crippen molar-refractivity contribution < 1.29 is 13.9 Å². The van der Waals surface area contributed by atoms with Gasteiger partial charge in [0.05, 0.1) is 15.9 Å². The molecule has 164 valence electrons. The number of rotatable bonds is 3. The van der Waals surface area contributed by atoms with E-state index in [0.29, 0.717) is 10.5 Å². The Labute approximate surface area is 191 Å². The maximum atomic E-state index is 12.6. The van der Waals surface area contributed by atoms with Gasteiger partial charge in [-0.1, -0.05) is 23.2 Å². The summed E-state index contributed by atoms with van der Waals surface area (Å²) in [5, 5.41) is 7.80. The Bertz CT molecular complexity index is 1390. The number of carbonyl (C=O) groups is 1. The number of ether oxygens (including phenoxy) is 1. The van der Waals surface area contributed by atoms with Crippen LogP contribution >= 0.6 is 23.2 Å². The van der Waals surface area contributed by atoms with Gasteiger partial charge in [0, 0.05) is 17.3 Å². The average Bonchev–Trinajstić information content (AvgIpc) is 3.10. The Morgan fingerprint density at radius 2 is 1.97 bits per heavy atom. The highest BCUT2D eigenvalue weighted by atomic mass is 35.5. The minimum atomic E-state index is -0.705. The lowest BCUT2D eigenvalue weighted by Gasteiger charge is -2.19. The van der Waals surface area contributed by atoms with E-state index in [1.54, 1.807) is 45.0 Å². The molecule has 0 fully saturated rings. The summed E-state index contributed by atoms with van der Waals surface area (Å²) in [6.45, 7) is 5.22. The van der Waals surface area contributed by atoms with E-state index in [1.807, 2.05) is 0 Å². The molecule has 0 aliphatic rings. The van der Waals surface area contributed by atoms with Gasteiger partial charge >= 0.3 is 11.7 Å². The van der Waals surface area contributed by atoms with Crippen LogP contribution in [0.25, 0.3) is 28.3 Å². The monoisotopic (exact) mass is 473 g/mol. The molecule has 0 bridgehead atoms. The molecule has 0 spiro atoms. The Kier molecular flexibility index (Phi) is 5.62. The number of nitrogens with zero attached hydrogens (tertiary/aromatic N) is 4. The van der Waals surface area contributed by atoms with Crippen LogP contribution in [-0.4, -0.2) is 31.4 Å². The van der Waals surface area contributed by atoms with Crippen molar-refractivity contribution in [1.29, 1.82) is 0 Å². The third-order valence-corrected chi connectivity index (χ3v) is 4.62. The molecular weight excluding hydrogens is 457 g/mol. The van der Waals surface area contributed by atoms with Crippen LogP contribution < -0.4 is 10.9 Å². The Balaban J connectivity index is 1.85. The van der Waals surface area contributed by atoms with Crippen molar-refractivity contribution in [2.75, 3.05) is 5.32 Å². The molecule has 11 heteroatoms. The molecule has 0 saturated carbocycles. The van der Waals surface area contributed by atoms with Gasteiger partial charge in [-0.3, -0.25) is 5.32 Å². The lowest BCUT2D eigenvalue weighted by Crippen LogP contribution is -2.27. The largest absolute Gasteiger partial charge is 0.444 e. The van der Waals surface area contributed by atoms with Gasteiger partial charge < -0.3 is 9.15 Å². The van der Waals surface area contributed by atoms with E-state index >= 15 is 0 Å². The highest BCUT2D eigenvalue weighted by Crippen LogP contribution is 2.28. The molecule has 0 atom stereocenters. The Morgan fingerprint density at radius 1 is 1.19 bits per heavy atom. The number of anilines is 1. The van der Waals surface area contributed by atoms with Gasteiger partial charge in [-0.25, -0.2) is 24.2 Å². The molecule has 0 aliphatic carbocycles. The summed E-state index contributed by atoms with van der Waals surface area (Å²) in [7, 11) is 0. The van der Waals surface area contributed by atoms with Crippen LogP contribution in [0.15, 0.2) is 51.8 Å². The van der Waals surface area contributed by atoms with Gasteiger partial charge in [-0.2, -0.15) is 0 Å². The van der Waals surface area contributed by atoms with Gasteiger partial charge in [0.2, 0.25) is 5.89 Å². The van der Waals surface area contributed by atoms with Crippen LogP contribution in [0, 0.1) is 0 Å². The van der Waals surface area contributed by atoms with Crippen molar-refractivity contribution in [3.63, 3.8) is 0 Å². The standard InChI is InChI=1S/C21H17Cl2N5O4/c1-21(2,3)32-20(30)26-16-10-15(28(27-16)17-13(23)5-4-8-24-17)18-25-14-7-6-11(22)9-12(14)19(29)31-18/h4-10H,1-3H3,(H,26,27,30). The number of benzene rings is 1. The number of amides is 1. The molecule has 0 radical (unpaired) electrons. The molecule has 32 heavy (non-hydrogen) atoms. The second-order valence-electron chi connectivity index (χ2n) is 7.73. The SMILES string of the molecule is CC(C)(C)OC(=O)Nc1cc(-c2nc3ccc(Cl)cc3c(=O)o2)n(-c2ncccc2Cl)n1. The number of fused-ring (bicyclic) bond motifs is 1. The summed E-state index contributed by atoms with van der Waals surface area (Å²) < 4.78 is 12.0. The predicted molar refractivity (Wildman–Crippen MR) is 121 cm³/mol. The van der Waals surface area contributed by atoms with Crippen molar-refractivity contribution in [2.24, 2.45) is 0 Å². The molecule has 1 amide bonds. The van der Waals surface area contributed by atoms with E-state index in [-0.39, 0.29) is 33.6 Å². The normalized spacial score (nSPS) is 11.5. The second kappa shape index (κ2) is 8.25.